The second-order valence-corrected chi connectivity index (χ2v) is 4.70. The molecule has 1 N–H and O–H groups in total. The number of aryl methyl sites for hydroxylation is 1. The van der Waals surface area contributed by atoms with Gasteiger partial charge in [-0.05, 0) is 47.5 Å². The molecule has 0 atom stereocenters. The summed E-state index contributed by atoms with van der Waals surface area (Å²) < 4.78 is 5.56. The van der Waals surface area contributed by atoms with Crippen molar-refractivity contribution in [2.24, 2.45) is 0 Å². The lowest BCUT2D eigenvalue weighted by Crippen LogP contribution is -2.24. The quantitative estimate of drug-likeness (QED) is 0.800. The van der Waals surface area contributed by atoms with Crippen LogP contribution in [0.2, 0.25) is 0 Å². The van der Waals surface area contributed by atoms with Crippen LogP contribution in [0.3, 0.4) is 0 Å². The summed E-state index contributed by atoms with van der Waals surface area (Å²) in [6.07, 6.45) is 1.72. The van der Waals surface area contributed by atoms with E-state index >= 15 is 0 Å². The van der Waals surface area contributed by atoms with Crippen LogP contribution >= 0.6 is 11.3 Å². The topological polar surface area (TPSA) is 51.2 Å². The maximum absolute atomic E-state index is 11.9. The number of amides is 1. The van der Waals surface area contributed by atoms with Gasteiger partial charge in [0.1, 0.15) is 0 Å². The minimum absolute atomic E-state index is 0.271. The Morgan fingerprint density at radius 2 is 2.28 bits per heavy atom. The fourth-order valence-electron chi connectivity index (χ4n) is 1.65. The van der Waals surface area contributed by atoms with Crippen molar-refractivity contribution in [2.75, 3.05) is 5.32 Å². The number of nitrogens with zero attached hydrogens (tertiary/aromatic N) is 1. The van der Waals surface area contributed by atoms with E-state index in [4.69, 9.17) is 4.74 Å². The molecule has 0 fully saturated rings. The molecule has 1 amide bonds. The van der Waals surface area contributed by atoms with Gasteiger partial charge in [0.2, 0.25) is 0 Å². The first-order chi connectivity index (χ1) is 8.72. The zero-order valence-corrected chi connectivity index (χ0v) is 10.5. The standard InChI is InChI=1S/C13H10N2O2S/c1-8-2-3-10-12(14-8)15-13(16)11(17-10)6-9-4-5-18-7-9/h2-7H,1H3,(H,14,15,16)/b11-6+. The summed E-state index contributed by atoms with van der Waals surface area (Å²) >= 11 is 1.57. The number of pyridine rings is 1. The fourth-order valence-corrected chi connectivity index (χ4v) is 2.27. The molecule has 0 spiro atoms. The van der Waals surface area contributed by atoms with Gasteiger partial charge in [-0.1, -0.05) is 0 Å². The molecule has 0 aliphatic carbocycles. The highest BCUT2D eigenvalue weighted by Gasteiger charge is 2.22. The van der Waals surface area contributed by atoms with Crippen molar-refractivity contribution >= 4 is 29.1 Å². The Hall–Kier alpha value is -2.14. The predicted octanol–water partition coefficient (Wildman–Crippen LogP) is 2.82. The Morgan fingerprint density at radius 3 is 3.06 bits per heavy atom. The normalized spacial score (nSPS) is 16.1. The van der Waals surface area contributed by atoms with E-state index in [0.29, 0.717) is 11.6 Å². The van der Waals surface area contributed by atoms with Gasteiger partial charge in [0, 0.05) is 5.69 Å². The van der Waals surface area contributed by atoms with Crippen molar-refractivity contribution in [3.05, 3.63) is 46.0 Å². The van der Waals surface area contributed by atoms with Crippen LogP contribution < -0.4 is 10.1 Å². The molecule has 0 saturated heterocycles. The summed E-state index contributed by atoms with van der Waals surface area (Å²) in [5, 5.41) is 6.62. The summed E-state index contributed by atoms with van der Waals surface area (Å²) in [7, 11) is 0. The molecule has 3 heterocycles. The van der Waals surface area contributed by atoms with Gasteiger partial charge in [-0.2, -0.15) is 11.3 Å². The second kappa shape index (κ2) is 4.27. The number of aromatic nitrogens is 1. The largest absolute Gasteiger partial charge is 0.448 e. The van der Waals surface area contributed by atoms with E-state index in [1.54, 1.807) is 23.5 Å². The van der Waals surface area contributed by atoms with Gasteiger partial charge in [0.25, 0.3) is 5.91 Å². The number of anilines is 1. The van der Waals surface area contributed by atoms with E-state index in [2.05, 4.69) is 10.3 Å². The number of hydrogen-bond donors (Lipinski definition) is 1. The minimum Gasteiger partial charge on any atom is -0.448 e. The van der Waals surface area contributed by atoms with Gasteiger partial charge in [-0.15, -0.1) is 0 Å². The van der Waals surface area contributed by atoms with Gasteiger partial charge in [-0.3, -0.25) is 4.79 Å². The van der Waals surface area contributed by atoms with Crippen LogP contribution in [-0.4, -0.2) is 10.9 Å². The fraction of sp³-hybridized carbons (Fsp3) is 0.0769. The van der Waals surface area contributed by atoms with E-state index in [9.17, 15) is 4.79 Å². The van der Waals surface area contributed by atoms with Gasteiger partial charge in [0.15, 0.2) is 17.3 Å². The van der Waals surface area contributed by atoms with Crippen LogP contribution in [0, 0.1) is 6.92 Å². The first-order valence-corrected chi connectivity index (χ1v) is 6.37. The van der Waals surface area contributed by atoms with Gasteiger partial charge >= 0.3 is 0 Å². The van der Waals surface area contributed by atoms with E-state index in [-0.39, 0.29) is 11.7 Å². The highest BCUT2D eigenvalue weighted by molar-refractivity contribution is 7.08. The van der Waals surface area contributed by atoms with Crippen LogP contribution in [0.5, 0.6) is 5.75 Å². The second-order valence-electron chi connectivity index (χ2n) is 3.92. The Kier molecular flexibility index (Phi) is 2.60. The highest BCUT2D eigenvalue weighted by atomic mass is 32.1. The summed E-state index contributed by atoms with van der Waals surface area (Å²) in [6.45, 7) is 1.86. The zero-order chi connectivity index (χ0) is 12.5. The molecule has 3 rings (SSSR count). The van der Waals surface area contributed by atoms with Crippen molar-refractivity contribution < 1.29 is 9.53 Å². The molecule has 0 unspecified atom stereocenters. The molecule has 0 bridgehead atoms. The van der Waals surface area contributed by atoms with E-state index in [1.807, 2.05) is 29.8 Å². The first kappa shape index (κ1) is 11.0. The monoisotopic (exact) mass is 258 g/mol. The molecule has 0 saturated carbocycles. The lowest BCUT2D eigenvalue weighted by molar-refractivity contribution is -0.115. The molecule has 0 radical (unpaired) electrons. The summed E-state index contributed by atoms with van der Waals surface area (Å²) in [4.78, 5) is 16.1. The van der Waals surface area contributed by atoms with E-state index in [1.165, 1.54) is 0 Å². The Labute approximate surface area is 108 Å². The van der Waals surface area contributed by atoms with Gasteiger partial charge in [-0.25, -0.2) is 4.98 Å². The van der Waals surface area contributed by atoms with E-state index in [0.717, 1.165) is 11.3 Å². The average Bonchev–Trinajstić information content (AvgIpc) is 2.83. The molecule has 2 aromatic rings. The summed E-state index contributed by atoms with van der Waals surface area (Å²) in [6, 6.07) is 5.58. The number of fused-ring (bicyclic) bond motifs is 1. The van der Waals surface area contributed by atoms with Crippen LogP contribution in [0.15, 0.2) is 34.7 Å². The first-order valence-electron chi connectivity index (χ1n) is 5.43. The van der Waals surface area contributed by atoms with E-state index < -0.39 is 0 Å². The number of thiophene rings is 1. The molecule has 2 aromatic heterocycles. The van der Waals surface area contributed by atoms with Crippen molar-refractivity contribution in [2.45, 2.75) is 6.92 Å². The van der Waals surface area contributed by atoms with Crippen molar-refractivity contribution in [3.8, 4) is 5.75 Å². The highest BCUT2D eigenvalue weighted by Crippen LogP contribution is 2.29. The molecular weight excluding hydrogens is 248 g/mol. The van der Waals surface area contributed by atoms with Crippen LogP contribution in [0.1, 0.15) is 11.3 Å². The average molecular weight is 258 g/mol. The Morgan fingerprint density at radius 1 is 1.39 bits per heavy atom. The Balaban J connectivity index is 1.97. The van der Waals surface area contributed by atoms with Crippen LogP contribution in [0.4, 0.5) is 5.82 Å². The van der Waals surface area contributed by atoms with Crippen molar-refractivity contribution in [1.82, 2.24) is 4.98 Å². The van der Waals surface area contributed by atoms with Crippen LogP contribution in [0.25, 0.3) is 6.08 Å². The van der Waals surface area contributed by atoms with Crippen molar-refractivity contribution in [1.29, 1.82) is 0 Å². The summed E-state index contributed by atoms with van der Waals surface area (Å²) in [5.74, 6) is 1.06. The maximum atomic E-state index is 11.9. The SMILES string of the molecule is Cc1ccc2c(n1)NC(=O)/C(=C\c1ccsc1)O2. The third-order valence-electron chi connectivity index (χ3n) is 2.51. The predicted molar refractivity (Wildman–Crippen MR) is 70.5 cm³/mol. The molecule has 5 heteroatoms. The molecule has 90 valence electrons. The molecule has 4 nitrogen and oxygen atoms in total. The third kappa shape index (κ3) is 2.00. The lowest BCUT2D eigenvalue weighted by atomic mass is 10.2. The Bertz CT molecular complexity index is 632. The molecular formula is C13H10N2O2S. The number of rotatable bonds is 1. The smallest absolute Gasteiger partial charge is 0.292 e. The number of nitrogens with one attached hydrogen (secondary N) is 1. The van der Waals surface area contributed by atoms with Crippen molar-refractivity contribution in [3.63, 3.8) is 0 Å². The maximum Gasteiger partial charge on any atom is 0.292 e. The third-order valence-corrected chi connectivity index (χ3v) is 3.22. The lowest BCUT2D eigenvalue weighted by Gasteiger charge is -2.18. The van der Waals surface area contributed by atoms with Gasteiger partial charge < -0.3 is 10.1 Å². The number of carbonyl (C=O) groups is 1. The number of carbonyl (C=O) groups excluding carboxylic acids is 1. The van der Waals surface area contributed by atoms with Gasteiger partial charge in [0.05, 0.1) is 0 Å². The summed E-state index contributed by atoms with van der Waals surface area (Å²) in [5.41, 5.74) is 1.79. The van der Waals surface area contributed by atoms with Crippen LogP contribution in [-0.2, 0) is 4.79 Å². The number of ether oxygens (including phenoxy) is 1. The molecule has 1 aliphatic heterocycles. The minimum atomic E-state index is -0.271. The molecule has 0 aromatic carbocycles. The molecule has 18 heavy (non-hydrogen) atoms. The zero-order valence-electron chi connectivity index (χ0n) is 9.64. The molecule has 1 aliphatic rings. The number of hydrogen-bond acceptors (Lipinski definition) is 4.